The van der Waals surface area contributed by atoms with Crippen molar-refractivity contribution in [2.24, 2.45) is 5.92 Å². The number of carbonyl (C=O) groups is 1. The normalized spacial score (nSPS) is 21.9. The summed E-state index contributed by atoms with van der Waals surface area (Å²) < 4.78 is 11.3. The summed E-state index contributed by atoms with van der Waals surface area (Å²) in [7, 11) is 0. The molecule has 0 aliphatic carbocycles. The van der Waals surface area contributed by atoms with Gasteiger partial charge in [0.25, 0.3) is 0 Å². The van der Waals surface area contributed by atoms with Crippen molar-refractivity contribution in [2.45, 2.75) is 12.5 Å². The fourth-order valence-electron chi connectivity index (χ4n) is 3.20. The fraction of sp³-hybridized carbons (Fsp3) is 0.316. The van der Waals surface area contributed by atoms with Crippen LogP contribution in [0.5, 0.6) is 11.5 Å². The molecule has 2 atom stereocenters. The van der Waals surface area contributed by atoms with Gasteiger partial charge < -0.3 is 14.8 Å². The number of nitrogens with one attached hydrogen (secondary N) is 3. The SMILES string of the molecule is O=C(Nc1ccc2c(c1)OCCCO2)C1CNNC1c1ccc(Cl)cc1. The maximum Gasteiger partial charge on any atom is 0.230 e. The first-order valence-electron chi connectivity index (χ1n) is 8.65. The van der Waals surface area contributed by atoms with E-state index >= 15 is 0 Å². The molecule has 136 valence electrons. The molecule has 0 spiro atoms. The van der Waals surface area contributed by atoms with Crippen molar-refractivity contribution in [3.63, 3.8) is 0 Å². The van der Waals surface area contributed by atoms with Gasteiger partial charge in [-0.05, 0) is 29.8 Å². The van der Waals surface area contributed by atoms with Crippen molar-refractivity contribution in [2.75, 3.05) is 25.1 Å². The molecule has 6 nitrogen and oxygen atoms in total. The number of ether oxygens (including phenoxy) is 2. The van der Waals surface area contributed by atoms with Gasteiger partial charge in [-0.15, -0.1) is 0 Å². The molecule has 0 bridgehead atoms. The van der Waals surface area contributed by atoms with Crippen LogP contribution in [0.1, 0.15) is 18.0 Å². The van der Waals surface area contributed by atoms with E-state index in [0.29, 0.717) is 42.0 Å². The van der Waals surface area contributed by atoms with Crippen molar-refractivity contribution < 1.29 is 14.3 Å². The molecule has 7 heteroatoms. The van der Waals surface area contributed by atoms with Crippen LogP contribution in [0.3, 0.4) is 0 Å². The summed E-state index contributed by atoms with van der Waals surface area (Å²) in [5.74, 6) is 1.07. The van der Waals surface area contributed by atoms with Crippen LogP contribution in [0.15, 0.2) is 42.5 Å². The monoisotopic (exact) mass is 373 g/mol. The van der Waals surface area contributed by atoms with Crippen molar-refractivity contribution in [3.05, 3.63) is 53.1 Å². The fourth-order valence-corrected chi connectivity index (χ4v) is 3.33. The van der Waals surface area contributed by atoms with Crippen LogP contribution in [0.4, 0.5) is 5.69 Å². The number of amides is 1. The summed E-state index contributed by atoms with van der Waals surface area (Å²) in [5.41, 5.74) is 7.95. The van der Waals surface area contributed by atoms with E-state index in [9.17, 15) is 4.79 Å². The van der Waals surface area contributed by atoms with Crippen LogP contribution in [0.25, 0.3) is 0 Å². The number of hydrazine groups is 1. The summed E-state index contributed by atoms with van der Waals surface area (Å²) in [6, 6.07) is 12.9. The Morgan fingerprint density at radius 2 is 1.85 bits per heavy atom. The van der Waals surface area contributed by atoms with Crippen molar-refractivity contribution in [1.29, 1.82) is 0 Å². The van der Waals surface area contributed by atoms with Gasteiger partial charge in [-0.25, -0.2) is 5.43 Å². The maximum atomic E-state index is 12.8. The van der Waals surface area contributed by atoms with Gasteiger partial charge in [0.1, 0.15) is 0 Å². The number of carbonyl (C=O) groups excluding carboxylic acids is 1. The smallest absolute Gasteiger partial charge is 0.230 e. The second-order valence-electron chi connectivity index (χ2n) is 6.36. The molecule has 1 amide bonds. The third-order valence-electron chi connectivity index (χ3n) is 4.56. The molecule has 0 saturated carbocycles. The molecular formula is C19H20ClN3O3. The lowest BCUT2D eigenvalue weighted by Crippen LogP contribution is -2.29. The average molecular weight is 374 g/mol. The lowest BCUT2D eigenvalue weighted by Gasteiger charge is -2.19. The summed E-state index contributed by atoms with van der Waals surface area (Å²) in [4.78, 5) is 12.8. The zero-order valence-electron chi connectivity index (χ0n) is 14.1. The zero-order chi connectivity index (χ0) is 17.9. The van der Waals surface area contributed by atoms with Crippen LogP contribution >= 0.6 is 11.6 Å². The highest BCUT2D eigenvalue weighted by Crippen LogP contribution is 2.33. The molecule has 4 rings (SSSR count). The van der Waals surface area contributed by atoms with Crippen LogP contribution in [-0.4, -0.2) is 25.7 Å². The number of hydrogen-bond donors (Lipinski definition) is 3. The van der Waals surface area contributed by atoms with E-state index in [0.717, 1.165) is 12.0 Å². The molecule has 2 aromatic carbocycles. The number of benzene rings is 2. The lowest BCUT2D eigenvalue weighted by atomic mass is 9.94. The third-order valence-corrected chi connectivity index (χ3v) is 4.81. The number of fused-ring (bicyclic) bond motifs is 1. The summed E-state index contributed by atoms with van der Waals surface area (Å²) in [6.45, 7) is 1.80. The van der Waals surface area contributed by atoms with Crippen LogP contribution < -0.4 is 25.6 Å². The highest BCUT2D eigenvalue weighted by Gasteiger charge is 2.34. The maximum absolute atomic E-state index is 12.8. The number of anilines is 1. The molecule has 0 radical (unpaired) electrons. The van der Waals surface area contributed by atoms with E-state index in [1.54, 1.807) is 0 Å². The van der Waals surface area contributed by atoms with Gasteiger partial charge in [0.15, 0.2) is 11.5 Å². The van der Waals surface area contributed by atoms with Gasteiger partial charge in [-0.3, -0.25) is 10.2 Å². The van der Waals surface area contributed by atoms with Gasteiger partial charge in [0, 0.05) is 29.7 Å². The molecule has 1 saturated heterocycles. The molecule has 2 unspecified atom stereocenters. The van der Waals surface area contributed by atoms with Crippen molar-refractivity contribution in [1.82, 2.24) is 10.9 Å². The van der Waals surface area contributed by atoms with Gasteiger partial charge in [0.2, 0.25) is 5.91 Å². The number of halogens is 1. The van der Waals surface area contributed by atoms with Gasteiger partial charge in [-0.1, -0.05) is 23.7 Å². The standard InChI is InChI=1S/C19H20ClN3O3/c20-13-4-2-12(3-5-13)18-15(11-21-23-18)19(24)22-14-6-7-16-17(10-14)26-9-1-8-25-16/h2-7,10,15,18,21,23H,1,8-9,11H2,(H,22,24). The largest absolute Gasteiger partial charge is 0.490 e. The summed E-state index contributed by atoms with van der Waals surface area (Å²) >= 11 is 5.96. The Morgan fingerprint density at radius 1 is 1.08 bits per heavy atom. The van der Waals surface area contributed by atoms with Crippen LogP contribution in [0.2, 0.25) is 5.02 Å². The molecule has 2 aliphatic rings. The summed E-state index contributed by atoms with van der Waals surface area (Å²) in [6.07, 6.45) is 0.846. The van der Waals surface area contributed by atoms with E-state index in [1.807, 2.05) is 42.5 Å². The Hall–Kier alpha value is -2.28. The minimum absolute atomic E-state index is 0.0584. The Kier molecular flexibility index (Phi) is 4.97. The summed E-state index contributed by atoms with van der Waals surface area (Å²) in [5, 5.41) is 3.66. The minimum atomic E-state index is -0.243. The lowest BCUT2D eigenvalue weighted by molar-refractivity contribution is -0.119. The molecule has 3 N–H and O–H groups in total. The molecule has 26 heavy (non-hydrogen) atoms. The van der Waals surface area contributed by atoms with Crippen LogP contribution in [-0.2, 0) is 4.79 Å². The van der Waals surface area contributed by atoms with E-state index in [2.05, 4.69) is 16.2 Å². The first-order chi connectivity index (χ1) is 12.7. The number of rotatable bonds is 3. The van der Waals surface area contributed by atoms with Gasteiger partial charge in [0.05, 0.1) is 25.2 Å². The van der Waals surface area contributed by atoms with Gasteiger partial charge in [-0.2, -0.15) is 0 Å². The highest BCUT2D eigenvalue weighted by molar-refractivity contribution is 6.30. The molecule has 2 aliphatic heterocycles. The molecule has 2 aromatic rings. The van der Waals surface area contributed by atoms with E-state index < -0.39 is 0 Å². The van der Waals surface area contributed by atoms with Crippen molar-refractivity contribution in [3.8, 4) is 11.5 Å². The topological polar surface area (TPSA) is 71.6 Å². The van der Waals surface area contributed by atoms with Crippen molar-refractivity contribution >= 4 is 23.2 Å². The Balaban J connectivity index is 1.49. The van der Waals surface area contributed by atoms with Gasteiger partial charge >= 0.3 is 0 Å². The second kappa shape index (κ2) is 7.53. The van der Waals surface area contributed by atoms with E-state index in [-0.39, 0.29) is 17.9 Å². The first kappa shape index (κ1) is 17.1. The first-order valence-corrected chi connectivity index (χ1v) is 9.03. The third kappa shape index (κ3) is 3.62. The number of hydrogen-bond acceptors (Lipinski definition) is 5. The Bertz CT molecular complexity index is 797. The quantitative estimate of drug-likeness (QED) is 0.771. The molecular weight excluding hydrogens is 354 g/mol. The predicted octanol–water partition coefficient (Wildman–Crippen LogP) is 2.91. The van der Waals surface area contributed by atoms with Crippen LogP contribution in [0, 0.1) is 5.92 Å². The Labute approximate surface area is 156 Å². The molecule has 2 heterocycles. The predicted molar refractivity (Wildman–Crippen MR) is 99.5 cm³/mol. The molecule has 0 aromatic heterocycles. The van der Waals surface area contributed by atoms with E-state index in [4.69, 9.17) is 21.1 Å². The second-order valence-corrected chi connectivity index (χ2v) is 6.80. The van der Waals surface area contributed by atoms with E-state index in [1.165, 1.54) is 0 Å². The Morgan fingerprint density at radius 3 is 2.65 bits per heavy atom. The minimum Gasteiger partial charge on any atom is -0.490 e. The highest BCUT2D eigenvalue weighted by atomic mass is 35.5. The molecule has 1 fully saturated rings. The average Bonchev–Trinajstić information content (AvgIpc) is 3.02. The zero-order valence-corrected chi connectivity index (χ0v) is 14.9.